The molecule has 0 aliphatic rings. The van der Waals surface area contributed by atoms with Gasteiger partial charge in [0.25, 0.3) is 5.91 Å². The molecule has 6 nitrogen and oxygen atoms in total. The molecule has 0 radical (unpaired) electrons. The molecule has 0 unspecified atom stereocenters. The van der Waals surface area contributed by atoms with Gasteiger partial charge in [0.2, 0.25) is 0 Å². The predicted molar refractivity (Wildman–Crippen MR) is 89.5 cm³/mol. The van der Waals surface area contributed by atoms with Crippen LogP contribution in [0.5, 0.6) is 0 Å². The van der Waals surface area contributed by atoms with Gasteiger partial charge in [-0.1, -0.05) is 12.1 Å². The van der Waals surface area contributed by atoms with Crippen molar-refractivity contribution in [3.05, 3.63) is 53.7 Å². The molecule has 0 saturated heterocycles. The number of rotatable bonds is 9. The molecule has 1 aromatic carbocycles. The molecule has 1 aromatic heterocycles. The molecule has 1 amide bonds. The molecule has 0 aliphatic heterocycles. The number of amides is 1. The number of halogens is 1. The highest BCUT2D eigenvalue weighted by Crippen LogP contribution is 2.05. The third-order valence-corrected chi connectivity index (χ3v) is 3.34. The molecule has 24 heavy (non-hydrogen) atoms. The van der Waals surface area contributed by atoms with Crippen molar-refractivity contribution < 1.29 is 13.9 Å². The summed E-state index contributed by atoms with van der Waals surface area (Å²) >= 11 is 0. The van der Waals surface area contributed by atoms with Gasteiger partial charge in [-0.25, -0.2) is 14.4 Å². The molecule has 0 fully saturated rings. The summed E-state index contributed by atoms with van der Waals surface area (Å²) in [4.78, 5) is 20.2. The number of nitrogens with zero attached hydrogens (tertiary/aromatic N) is 2. The number of aromatic nitrogens is 2. The van der Waals surface area contributed by atoms with Crippen molar-refractivity contribution in [3.63, 3.8) is 0 Å². The van der Waals surface area contributed by atoms with Crippen LogP contribution in [0.1, 0.15) is 22.5 Å². The maximum Gasteiger partial charge on any atom is 0.270 e. The van der Waals surface area contributed by atoms with E-state index in [9.17, 15) is 9.18 Å². The molecule has 0 bridgehead atoms. The summed E-state index contributed by atoms with van der Waals surface area (Å²) in [5.41, 5.74) is 1.26. The standard InChI is InChI=1S/C17H21FN4O2/c1-24-10-2-8-19-16-11-15(21-12-22-16)17(23)20-9-7-13-3-5-14(18)6-4-13/h3-6,11-12H,2,7-10H2,1H3,(H,20,23)(H,19,21,22). The number of ether oxygens (including phenoxy) is 1. The lowest BCUT2D eigenvalue weighted by Gasteiger charge is -2.07. The third-order valence-electron chi connectivity index (χ3n) is 3.34. The Labute approximate surface area is 140 Å². The van der Waals surface area contributed by atoms with Crippen molar-refractivity contribution in [1.82, 2.24) is 15.3 Å². The van der Waals surface area contributed by atoms with E-state index in [2.05, 4.69) is 20.6 Å². The summed E-state index contributed by atoms with van der Waals surface area (Å²) in [6.45, 7) is 1.82. The largest absolute Gasteiger partial charge is 0.385 e. The highest BCUT2D eigenvalue weighted by atomic mass is 19.1. The molecular weight excluding hydrogens is 311 g/mol. The smallest absolute Gasteiger partial charge is 0.270 e. The Kier molecular flexibility index (Phi) is 7.10. The zero-order chi connectivity index (χ0) is 17.2. The minimum Gasteiger partial charge on any atom is -0.385 e. The Bertz CT molecular complexity index is 649. The molecule has 0 aliphatic carbocycles. The van der Waals surface area contributed by atoms with E-state index < -0.39 is 0 Å². The first-order valence-corrected chi connectivity index (χ1v) is 7.76. The van der Waals surface area contributed by atoms with Gasteiger partial charge in [-0.2, -0.15) is 0 Å². The lowest BCUT2D eigenvalue weighted by Crippen LogP contribution is -2.26. The zero-order valence-electron chi connectivity index (χ0n) is 13.6. The van der Waals surface area contributed by atoms with Crippen LogP contribution in [0.15, 0.2) is 36.7 Å². The van der Waals surface area contributed by atoms with Gasteiger partial charge < -0.3 is 15.4 Å². The fourth-order valence-corrected chi connectivity index (χ4v) is 2.07. The van der Waals surface area contributed by atoms with Crippen molar-refractivity contribution in [3.8, 4) is 0 Å². The maximum absolute atomic E-state index is 12.8. The van der Waals surface area contributed by atoms with Crippen LogP contribution in [0.3, 0.4) is 0 Å². The van der Waals surface area contributed by atoms with Crippen LogP contribution in [0, 0.1) is 5.82 Å². The van der Waals surface area contributed by atoms with Crippen molar-refractivity contribution in [2.24, 2.45) is 0 Å². The number of carbonyl (C=O) groups excluding carboxylic acids is 1. The second kappa shape index (κ2) is 9.57. The summed E-state index contributed by atoms with van der Waals surface area (Å²) in [6.07, 6.45) is 2.83. The Morgan fingerprint density at radius 2 is 2.00 bits per heavy atom. The lowest BCUT2D eigenvalue weighted by molar-refractivity contribution is 0.0949. The van der Waals surface area contributed by atoms with E-state index >= 15 is 0 Å². The van der Waals surface area contributed by atoms with E-state index in [-0.39, 0.29) is 11.7 Å². The van der Waals surface area contributed by atoms with E-state index in [0.29, 0.717) is 37.6 Å². The van der Waals surface area contributed by atoms with Gasteiger partial charge in [0.05, 0.1) is 0 Å². The van der Waals surface area contributed by atoms with Crippen LogP contribution in [0.4, 0.5) is 10.2 Å². The van der Waals surface area contributed by atoms with E-state index in [4.69, 9.17) is 4.74 Å². The molecule has 1 heterocycles. The Morgan fingerprint density at radius 3 is 2.75 bits per heavy atom. The lowest BCUT2D eigenvalue weighted by atomic mass is 10.1. The van der Waals surface area contributed by atoms with Gasteiger partial charge in [0.15, 0.2) is 0 Å². The topological polar surface area (TPSA) is 76.1 Å². The fraction of sp³-hybridized carbons (Fsp3) is 0.353. The first kappa shape index (κ1) is 17.8. The molecule has 128 valence electrons. The van der Waals surface area contributed by atoms with E-state index in [1.807, 2.05) is 0 Å². The van der Waals surface area contributed by atoms with Crippen LogP contribution in [-0.4, -0.2) is 42.7 Å². The highest BCUT2D eigenvalue weighted by molar-refractivity contribution is 5.92. The van der Waals surface area contributed by atoms with E-state index in [1.165, 1.54) is 18.5 Å². The molecule has 2 aromatic rings. The molecule has 0 atom stereocenters. The average Bonchev–Trinajstić information content (AvgIpc) is 2.61. The van der Waals surface area contributed by atoms with E-state index in [1.54, 1.807) is 25.3 Å². The van der Waals surface area contributed by atoms with Gasteiger partial charge in [-0.05, 0) is 30.5 Å². The average molecular weight is 332 g/mol. The van der Waals surface area contributed by atoms with Crippen molar-refractivity contribution >= 4 is 11.7 Å². The maximum atomic E-state index is 12.8. The number of benzene rings is 1. The van der Waals surface area contributed by atoms with Gasteiger partial charge in [-0.15, -0.1) is 0 Å². The van der Waals surface area contributed by atoms with Gasteiger partial charge in [0, 0.05) is 32.9 Å². The number of nitrogens with one attached hydrogen (secondary N) is 2. The van der Waals surface area contributed by atoms with Crippen molar-refractivity contribution in [2.75, 3.05) is 32.1 Å². The van der Waals surface area contributed by atoms with Crippen LogP contribution < -0.4 is 10.6 Å². The second-order valence-electron chi connectivity index (χ2n) is 5.19. The zero-order valence-corrected chi connectivity index (χ0v) is 13.6. The predicted octanol–water partition coefficient (Wildman–Crippen LogP) is 2.04. The van der Waals surface area contributed by atoms with Crippen molar-refractivity contribution in [2.45, 2.75) is 12.8 Å². The second-order valence-corrected chi connectivity index (χ2v) is 5.19. The van der Waals surface area contributed by atoms with Crippen LogP contribution >= 0.6 is 0 Å². The van der Waals surface area contributed by atoms with Gasteiger partial charge >= 0.3 is 0 Å². The minimum absolute atomic E-state index is 0.264. The molecule has 0 saturated carbocycles. The molecular formula is C17H21FN4O2. The summed E-state index contributed by atoms with van der Waals surface area (Å²) in [6, 6.07) is 7.83. The first-order valence-electron chi connectivity index (χ1n) is 7.76. The Hall–Kier alpha value is -2.54. The summed E-state index contributed by atoms with van der Waals surface area (Å²) in [5.74, 6) is 0.0681. The van der Waals surface area contributed by atoms with Gasteiger partial charge in [0.1, 0.15) is 23.7 Å². The molecule has 0 spiro atoms. The third kappa shape index (κ3) is 5.92. The Balaban J connectivity index is 1.80. The van der Waals surface area contributed by atoms with Crippen LogP contribution in [0.2, 0.25) is 0 Å². The number of anilines is 1. The van der Waals surface area contributed by atoms with Crippen LogP contribution in [0.25, 0.3) is 0 Å². The number of carbonyl (C=O) groups is 1. The first-order chi connectivity index (χ1) is 11.7. The number of hydrogen-bond donors (Lipinski definition) is 2. The summed E-state index contributed by atoms with van der Waals surface area (Å²) in [7, 11) is 1.65. The number of hydrogen-bond acceptors (Lipinski definition) is 5. The molecule has 7 heteroatoms. The van der Waals surface area contributed by atoms with Crippen molar-refractivity contribution in [1.29, 1.82) is 0 Å². The molecule has 2 rings (SSSR count). The number of methoxy groups -OCH3 is 1. The minimum atomic E-state index is -0.269. The highest BCUT2D eigenvalue weighted by Gasteiger charge is 2.08. The summed E-state index contributed by atoms with van der Waals surface area (Å²) < 4.78 is 17.8. The fourth-order valence-electron chi connectivity index (χ4n) is 2.07. The monoisotopic (exact) mass is 332 g/mol. The van der Waals surface area contributed by atoms with Crippen LogP contribution in [-0.2, 0) is 11.2 Å². The summed E-state index contributed by atoms with van der Waals surface area (Å²) in [5, 5.41) is 5.91. The van der Waals surface area contributed by atoms with E-state index in [0.717, 1.165) is 12.0 Å². The SMILES string of the molecule is COCCCNc1cc(C(=O)NCCc2ccc(F)cc2)ncn1. The normalized spacial score (nSPS) is 10.4. The van der Waals surface area contributed by atoms with Gasteiger partial charge in [-0.3, -0.25) is 4.79 Å². The quantitative estimate of drug-likeness (QED) is 0.687. The molecule has 2 N–H and O–H groups in total. The Morgan fingerprint density at radius 1 is 1.21 bits per heavy atom.